The van der Waals surface area contributed by atoms with Gasteiger partial charge in [-0.2, -0.15) is 0 Å². The van der Waals surface area contributed by atoms with E-state index in [-0.39, 0.29) is 30.0 Å². The van der Waals surface area contributed by atoms with Crippen LogP contribution in [-0.2, 0) is 17.0 Å². The van der Waals surface area contributed by atoms with Gasteiger partial charge in [0.15, 0.2) is 23.3 Å². The Bertz CT molecular complexity index is 1650. The van der Waals surface area contributed by atoms with E-state index in [4.69, 9.17) is 10.6 Å². The van der Waals surface area contributed by atoms with Gasteiger partial charge in [0.2, 0.25) is 5.91 Å². The number of nitrogens with one attached hydrogen (secondary N) is 3. The molecular formula is C32H30F4N6O3S. The number of benzene rings is 2. The zero-order valence-corrected chi connectivity index (χ0v) is 25.2. The number of carbonyl (C=O) groups is 2. The first-order chi connectivity index (χ1) is 22.2. The number of nitrogen functional groups attached to an aromatic ring is 1. The maximum Gasteiger partial charge on any atom is 0.252 e. The van der Waals surface area contributed by atoms with Crippen LogP contribution in [0.1, 0.15) is 33.7 Å². The summed E-state index contributed by atoms with van der Waals surface area (Å²) in [5.41, 5.74) is 4.38. The lowest BCUT2D eigenvalue weighted by Crippen LogP contribution is -2.29. The molecule has 0 fully saturated rings. The van der Waals surface area contributed by atoms with Crippen LogP contribution in [0.4, 0.5) is 23.4 Å². The molecule has 240 valence electrons. The number of nitrogens with two attached hydrogens (primary N) is 1. The average Bonchev–Trinajstić information content (AvgIpc) is 3.07. The van der Waals surface area contributed by atoms with Crippen molar-refractivity contribution in [3.63, 3.8) is 0 Å². The number of hydrogen-bond acceptors (Lipinski definition) is 8. The highest BCUT2D eigenvalue weighted by Crippen LogP contribution is 2.31. The van der Waals surface area contributed by atoms with E-state index in [1.54, 1.807) is 24.3 Å². The standard InChI is InChI=1S/C32H30F4N6O3S/c33-23-17-24(34)30(36)31(29(23)35)46-19-22-8-10-26(45-16-13-20-5-2-1-3-6-20)25(41-22)9-12-28(43)38-14-4-15-39-32(44)21-7-11-27(42-37)40-18-21/h1-3,5-12,17-18H,4,13-16,19,37H2,(H,38,43)(H,39,44)(H,40,42)/b12-9+. The summed E-state index contributed by atoms with van der Waals surface area (Å²) in [5.74, 6) is -0.808. The molecule has 14 heteroatoms. The minimum absolute atomic E-state index is 0.121. The van der Waals surface area contributed by atoms with Gasteiger partial charge in [-0.05, 0) is 42.3 Å². The number of amides is 2. The van der Waals surface area contributed by atoms with Crippen molar-refractivity contribution >= 4 is 35.5 Å². The van der Waals surface area contributed by atoms with Gasteiger partial charge in [0.1, 0.15) is 17.3 Å². The van der Waals surface area contributed by atoms with Crippen molar-refractivity contribution in [1.82, 2.24) is 20.6 Å². The van der Waals surface area contributed by atoms with Crippen molar-refractivity contribution in [1.29, 1.82) is 0 Å². The number of aromatic nitrogens is 2. The molecule has 2 amide bonds. The van der Waals surface area contributed by atoms with Crippen molar-refractivity contribution in [2.45, 2.75) is 23.5 Å². The van der Waals surface area contributed by atoms with Gasteiger partial charge in [0, 0.05) is 43.6 Å². The third-order valence-corrected chi connectivity index (χ3v) is 7.46. The predicted molar refractivity (Wildman–Crippen MR) is 167 cm³/mol. The highest BCUT2D eigenvalue weighted by Gasteiger charge is 2.20. The Morgan fingerprint density at radius 1 is 0.935 bits per heavy atom. The molecule has 0 radical (unpaired) electrons. The van der Waals surface area contributed by atoms with Gasteiger partial charge in [0.05, 0.1) is 22.8 Å². The molecular weight excluding hydrogens is 624 g/mol. The Hall–Kier alpha value is -4.95. The van der Waals surface area contributed by atoms with Crippen LogP contribution in [0.15, 0.2) is 77.8 Å². The first kappa shape index (κ1) is 33.9. The smallest absolute Gasteiger partial charge is 0.252 e. The Kier molecular flexibility index (Phi) is 12.5. The fourth-order valence-corrected chi connectivity index (χ4v) is 4.91. The molecule has 0 spiro atoms. The zero-order chi connectivity index (χ0) is 32.9. The summed E-state index contributed by atoms with van der Waals surface area (Å²) in [4.78, 5) is 32.3. The number of hydrogen-bond donors (Lipinski definition) is 4. The van der Waals surface area contributed by atoms with Gasteiger partial charge in [-0.15, -0.1) is 11.8 Å². The summed E-state index contributed by atoms with van der Waals surface area (Å²) in [6, 6.07) is 16.1. The molecule has 0 aliphatic rings. The van der Waals surface area contributed by atoms with Gasteiger partial charge < -0.3 is 20.8 Å². The second kappa shape index (κ2) is 16.9. The van der Waals surface area contributed by atoms with E-state index >= 15 is 0 Å². The number of pyridine rings is 2. The summed E-state index contributed by atoms with van der Waals surface area (Å²) < 4.78 is 61.5. The number of rotatable bonds is 15. The number of thioether (sulfide) groups is 1. The van der Waals surface area contributed by atoms with Crippen molar-refractivity contribution in [2.24, 2.45) is 5.84 Å². The molecule has 0 aliphatic heterocycles. The van der Waals surface area contributed by atoms with Gasteiger partial charge in [-0.25, -0.2) is 33.4 Å². The molecule has 4 rings (SSSR count). The third kappa shape index (κ3) is 9.78. The number of anilines is 1. The van der Waals surface area contributed by atoms with E-state index in [2.05, 4.69) is 26.0 Å². The second-order valence-corrected chi connectivity index (χ2v) is 10.7. The molecule has 46 heavy (non-hydrogen) atoms. The molecule has 2 aromatic carbocycles. The van der Waals surface area contributed by atoms with Gasteiger partial charge in [-0.1, -0.05) is 30.3 Å². The lowest BCUT2D eigenvalue weighted by molar-refractivity contribution is -0.116. The molecule has 2 aromatic heterocycles. The Morgan fingerprint density at radius 2 is 1.67 bits per heavy atom. The highest BCUT2D eigenvalue weighted by molar-refractivity contribution is 7.98. The normalized spacial score (nSPS) is 11.0. The summed E-state index contributed by atoms with van der Waals surface area (Å²) in [6.07, 6.45) is 5.13. The van der Waals surface area contributed by atoms with Crippen LogP contribution in [0.3, 0.4) is 0 Å². The Balaban J connectivity index is 1.35. The lowest BCUT2D eigenvalue weighted by atomic mass is 10.2. The van der Waals surface area contributed by atoms with Crippen LogP contribution in [0, 0.1) is 23.3 Å². The fraction of sp³-hybridized carbons (Fsp3) is 0.188. The van der Waals surface area contributed by atoms with E-state index in [0.29, 0.717) is 60.6 Å². The monoisotopic (exact) mass is 654 g/mol. The van der Waals surface area contributed by atoms with Crippen LogP contribution in [0.25, 0.3) is 6.08 Å². The third-order valence-electron chi connectivity index (χ3n) is 6.38. The molecule has 0 unspecified atom stereocenters. The summed E-state index contributed by atoms with van der Waals surface area (Å²) in [7, 11) is 0. The second-order valence-electron chi connectivity index (χ2n) is 9.67. The number of nitrogens with zero attached hydrogens (tertiary/aromatic N) is 2. The topological polar surface area (TPSA) is 131 Å². The quantitative estimate of drug-likeness (QED) is 0.0262. The van der Waals surface area contributed by atoms with Crippen molar-refractivity contribution in [3.8, 4) is 5.75 Å². The Labute approximate surface area is 266 Å². The van der Waals surface area contributed by atoms with Crippen LogP contribution in [0.5, 0.6) is 5.75 Å². The first-order valence-corrected chi connectivity index (χ1v) is 15.0. The van der Waals surface area contributed by atoms with Crippen molar-refractivity contribution < 1.29 is 31.9 Å². The molecule has 0 atom stereocenters. The molecule has 9 nitrogen and oxygen atoms in total. The molecule has 5 N–H and O–H groups in total. The zero-order valence-electron chi connectivity index (χ0n) is 24.4. The molecule has 0 saturated heterocycles. The van der Waals surface area contributed by atoms with Crippen LogP contribution in [-0.4, -0.2) is 41.5 Å². The molecule has 0 aliphatic carbocycles. The maximum absolute atomic E-state index is 14.1. The number of carbonyl (C=O) groups excluding carboxylic acids is 2. The summed E-state index contributed by atoms with van der Waals surface area (Å²) >= 11 is 0.549. The van der Waals surface area contributed by atoms with E-state index in [1.165, 1.54) is 18.3 Å². The number of ether oxygens (including phenoxy) is 1. The van der Waals surface area contributed by atoms with E-state index < -0.39 is 34.1 Å². The Morgan fingerprint density at radius 3 is 2.37 bits per heavy atom. The van der Waals surface area contributed by atoms with Crippen LogP contribution < -0.4 is 26.6 Å². The summed E-state index contributed by atoms with van der Waals surface area (Å²) in [5, 5.41) is 5.44. The lowest BCUT2D eigenvalue weighted by Gasteiger charge is -2.11. The van der Waals surface area contributed by atoms with Crippen molar-refractivity contribution in [3.05, 3.63) is 119 Å². The minimum atomic E-state index is -1.50. The first-order valence-electron chi connectivity index (χ1n) is 14.0. The van der Waals surface area contributed by atoms with Gasteiger partial charge in [-0.3, -0.25) is 9.59 Å². The molecule has 2 heterocycles. The van der Waals surface area contributed by atoms with E-state index in [9.17, 15) is 27.2 Å². The number of hydrazine groups is 1. The minimum Gasteiger partial charge on any atom is -0.491 e. The summed E-state index contributed by atoms with van der Waals surface area (Å²) in [6.45, 7) is 0.877. The van der Waals surface area contributed by atoms with Gasteiger partial charge in [0.25, 0.3) is 5.91 Å². The molecule has 0 saturated carbocycles. The average molecular weight is 655 g/mol. The fourth-order valence-electron chi connectivity index (χ4n) is 4.00. The largest absolute Gasteiger partial charge is 0.491 e. The predicted octanol–water partition coefficient (Wildman–Crippen LogP) is 5.18. The molecule has 0 bridgehead atoms. The van der Waals surface area contributed by atoms with Crippen molar-refractivity contribution in [2.75, 3.05) is 25.1 Å². The van der Waals surface area contributed by atoms with Crippen LogP contribution >= 0.6 is 11.8 Å². The SMILES string of the molecule is NNc1ccc(C(=O)NCCCNC(=O)/C=C/c2nc(CSc3c(F)c(F)cc(F)c3F)ccc2OCCc2ccccc2)cn1. The van der Waals surface area contributed by atoms with Crippen LogP contribution in [0.2, 0.25) is 0 Å². The van der Waals surface area contributed by atoms with E-state index in [0.717, 1.165) is 5.56 Å². The number of halogens is 4. The van der Waals surface area contributed by atoms with Gasteiger partial charge >= 0.3 is 0 Å². The van der Waals surface area contributed by atoms with E-state index in [1.807, 2.05) is 30.3 Å². The maximum atomic E-state index is 14.1. The molecule has 4 aromatic rings. The highest BCUT2D eigenvalue weighted by atomic mass is 32.2.